The van der Waals surface area contributed by atoms with Crippen molar-refractivity contribution < 1.29 is 4.92 Å². The number of halogens is 1. The van der Waals surface area contributed by atoms with E-state index in [2.05, 4.69) is 5.32 Å². The van der Waals surface area contributed by atoms with Crippen molar-refractivity contribution >= 4 is 23.0 Å². The third-order valence-electron chi connectivity index (χ3n) is 2.46. The van der Waals surface area contributed by atoms with E-state index in [0.29, 0.717) is 11.6 Å². The van der Waals surface area contributed by atoms with E-state index < -0.39 is 4.92 Å². The van der Waals surface area contributed by atoms with Crippen LogP contribution < -0.4 is 5.32 Å². The molecule has 0 spiro atoms. The van der Waals surface area contributed by atoms with Gasteiger partial charge in [-0.3, -0.25) is 10.1 Å². The number of nitrogens with one attached hydrogen (secondary N) is 1. The number of hydrogen-bond donors (Lipinski definition) is 1. The molecular formula is C13H11ClN2O2. The van der Waals surface area contributed by atoms with Crippen LogP contribution in [0.5, 0.6) is 0 Å². The summed E-state index contributed by atoms with van der Waals surface area (Å²) in [5.74, 6) is 0. The lowest BCUT2D eigenvalue weighted by molar-refractivity contribution is -0.384. The van der Waals surface area contributed by atoms with Crippen molar-refractivity contribution in [1.82, 2.24) is 0 Å². The maximum atomic E-state index is 10.6. The van der Waals surface area contributed by atoms with Gasteiger partial charge in [0.15, 0.2) is 0 Å². The van der Waals surface area contributed by atoms with E-state index in [1.165, 1.54) is 6.07 Å². The van der Waals surface area contributed by atoms with Gasteiger partial charge in [0.1, 0.15) is 0 Å². The Labute approximate surface area is 109 Å². The molecule has 0 bridgehead atoms. The summed E-state index contributed by atoms with van der Waals surface area (Å²) in [5, 5.41) is 14.5. The van der Waals surface area contributed by atoms with Crippen LogP contribution >= 0.6 is 11.6 Å². The molecule has 0 aliphatic rings. The quantitative estimate of drug-likeness (QED) is 0.672. The van der Waals surface area contributed by atoms with Crippen molar-refractivity contribution in [3.8, 4) is 0 Å². The summed E-state index contributed by atoms with van der Waals surface area (Å²) in [7, 11) is 0. The minimum atomic E-state index is -0.397. The minimum Gasteiger partial charge on any atom is -0.381 e. The average molecular weight is 263 g/mol. The maximum Gasteiger partial charge on any atom is 0.269 e. The van der Waals surface area contributed by atoms with Gasteiger partial charge in [0.25, 0.3) is 5.69 Å². The van der Waals surface area contributed by atoms with Crippen LogP contribution in [0.3, 0.4) is 0 Å². The molecule has 92 valence electrons. The highest BCUT2D eigenvalue weighted by Crippen LogP contribution is 2.16. The van der Waals surface area contributed by atoms with Gasteiger partial charge in [-0.15, -0.1) is 0 Å². The van der Waals surface area contributed by atoms with E-state index in [0.717, 1.165) is 11.3 Å². The molecule has 2 rings (SSSR count). The van der Waals surface area contributed by atoms with E-state index in [-0.39, 0.29) is 5.69 Å². The van der Waals surface area contributed by atoms with Crippen molar-refractivity contribution in [3.63, 3.8) is 0 Å². The predicted molar refractivity (Wildman–Crippen MR) is 71.9 cm³/mol. The van der Waals surface area contributed by atoms with E-state index in [1.54, 1.807) is 24.3 Å². The van der Waals surface area contributed by atoms with Crippen LogP contribution in [-0.2, 0) is 6.54 Å². The third-order valence-corrected chi connectivity index (χ3v) is 2.71. The molecule has 0 fully saturated rings. The smallest absolute Gasteiger partial charge is 0.269 e. The fourth-order valence-corrected chi connectivity index (χ4v) is 1.68. The molecule has 2 aromatic carbocycles. The van der Waals surface area contributed by atoms with Gasteiger partial charge in [0, 0.05) is 29.4 Å². The fourth-order valence-electron chi connectivity index (χ4n) is 1.55. The molecule has 0 atom stereocenters. The molecule has 1 N–H and O–H groups in total. The molecule has 0 aromatic heterocycles. The summed E-state index contributed by atoms with van der Waals surface area (Å²) in [6.07, 6.45) is 0. The SMILES string of the molecule is O=[N+]([O-])c1cccc(CNc2ccc(Cl)cc2)c1. The Morgan fingerprint density at radius 3 is 2.56 bits per heavy atom. The summed E-state index contributed by atoms with van der Waals surface area (Å²) in [6.45, 7) is 0.531. The molecule has 0 aliphatic carbocycles. The normalized spacial score (nSPS) is 10.1. The van der Waals surface area contributed by atoms with E-state index in [1.807, 2.05) is 18.2 Å². The first-order valence-electron chi connectivity index (χ1n) is 5.38. The number of anilines is 1. The van der Waals surface area contributed by atoms with Crippen LogP contribution in [0.4, 0.5) is 11.4 Å². The highest BCUT2D eigenvalue weighted by atomic mass is 35.5. The summed E-state index contributed by atoms with van der Waals surface area (Å²) in [4.78, 5) is 10.2. The predicted octanol–water partition coefficient (Wildman–Crippen LogP) is 3.86. The monoisotopic (exact) mass is 262 g/mol. The van der Waals surface area contributed by atoms with Gasteiger partial charge in [-0.05, 0) is 29.8 Å². The molecular weight excluding hydrogens is 252 g/mol. The van der Waals surface area contributed by atoms with Crippen LogP contribution in [0.25, 0.3) is 0 Å². The minimum absolute atomic E-state index is 0.102. The number of nitro benzene ring substituents is 1. The highest BCUT2D eigenvalue weighted by Gasteiger charge is 2.05. The molecule has 4 nitrogen and oxygen atoms in total. The van der Waals surface area contributed by atoms with Crippen LogP contribution in [-0.4, -0.2) is 4.92 Å². The van der Waals surface area contributed by atoms with Crippen LogP contribution in [0.15, 0.2) is 48.5 Å². The Hall–Kier alpha value is -2.07. The Morgan fingerprint density at radius 2 is 1.89 bits per heavy atom. The molecule has 0 saturated heterocycles. The van der Waals surface area contributed by atoms with Gasteiger partial charge in [0.05, 0.1) is 4.92 Å². The van der Waals surface area contributed by atoms with Gasteiger partial charge in [-0.1, -0.05) is 23.7 Å². The van der Waals surface area contributed by atoms with Crippen LogP contribution in [0.1, 0.15) is 5.56 Å². The second-order valence-electron chi connectivity index (χ2n) is 3.79. The Bertz CT molecular complexity index is 555. The Kier molecular flexibility index (Phi) is 3.79. The van der Waals surface area contributed by atoms with Gasteiger partial charge in [-0.25, -0.2) is 0 Å². The van der Waals surface area contributed by atoms with Crippen LogP contribution in [0.2, 0.25) is 5.02 Å². The summed E-state index contributed by atoms with van der Waals surface area (Å²) < 4.78 is 0. The second kappa shape index (κ2) is 5.51. The molecule has 0 aliphatic heterocycles. The third kappa shape index (κ3) is 3.21. The van der Waals surface area contributed by atoms with Gasteiger partial charge in [0.2, 0.25) is 0 Å². The maximum absolute atomic E-state index is 10.6. The number of rotatable bonds is 4. The molecule has 0 amide bonds. The van der Waals surface area contributed by atoms with Crippen molar-refractivity contribution in [3.05, 3.63) is 69.2 Å². The van der Waals surface area contributed by atoms with E-state index in [4.69, 9.17) is 11.6 Å². The summed E-state index contributed by atoms with van der Waals surface area (Å²) in [5.41, 5.74) is 1.88. The number of benzene rings is 2. The van der Waals surface area contributed by atoms with E-state index >= 15 is 0 Å². The zero-order valence-electron chi connectivity index (χ0n) is 9.47. The van der Waals surface area contributed by atoms with Crippen LogP contribution in [0, 0.1) is 10.1 Å². The zero-order valence-corrected chi connectivity index (χ0v) is 10.2. The lowest BCUT2D eigenvalue weighted by Crippen LogP contribution is -1.99. The molecule has 0 saturated carbocycles. The number of hydrogen-bond acceptors (Lipinski definition) is 3. The molecule has 0 heterocycles. The Balaban J connectivity index is 2.04. The number of nitrogens with zero attached hydrogens (tertiary/aromatic N) is 1. The second-order valence-corrected chi connectivity index (χ2v) is 4.22. The first-order chi connectivity index (χ1) is 8.65. The topological polar surface area (TPSA) is 55.2 Å². The molecule has 5 heteroatoms. The van der Waals surface area contributed by atoms with Gasteiger partial charge >= 0.3 is 0 Å². The highest BCUT2D eigenvalue weighted by molar-refractivity contribution is 6.30. The first-order valence-corrected chi connectivity index (χ1v) is 5.76. The number of non-ortho nitro benzene ring substituents is 1. The number of nitro groups is 1. The molecule has 2 aromatic rings. The van der Waals surface area contributed by atoms with Crippen molar-refractivity contribution in [2.24, 2.45) is 0 Å². The average Bonchev–Trinajstić information content (AvgIpc) is 2.38. The van der Waals surface area contributed by atoms with Gasteiger partial charge in [-0.2, -0.15) is 0 Å². The van der Waals surface area contributed by atoms with Crippen molar-refractivity contribution in [2.45, 2.75) is 6.54 Å². The Morgan fingerprint density at radius 1 is 1.17 bits per heavy atom. The standard InChI is InChI=1S/C13H11ClN2O2/c14-11-4-6-12(7-5-11)15-9-10-2-1-3-13(8-10)16(17)18/h1-8,15H,9H2. The fraction of sp³-hybridized carbons (Fsp3) is 0.0769. The van der Waals surface area contributed by atoms with Crippen molar-refractivity contribution in [2.75, 3.05) is 5.32 Å². The zero-order chi connectivity index (χ0) is 13.0. The van der Waals surface area contributed by atoms with Crippen molar-refractivity contribution in [1.29, 1.82) is 0 Å². The molecule has 0 unspecified atom stereocenters. The molecule has 18 heavy (non-hydrogen) atoms. The molecule has 0 radical (unpaired) electrons. The van der Waals surface area contributed by atoms with Gasteiger partial charge < -0.3 is 5.32 Å². The van der Waals surface area contributed by atoms with E-state index in [9.17, 15) is 10.1 Å². The lowest BCUT2D eigenvalue weighted by atomic mass is 10.2. The largest absolute Gasteiger partial charge is 0.381 e. The summed E-state index contributed by atoms with van der Waals surface area (Å²) in [6, 6.07) is 13.9. The summed E-state index contributed by atoms with van der Waals surface area (Å²) >= 11 is 5.78. The first kappa shape index (κ1) is 12.4. The lowest BCUT2D eigenvalue weighted by Gasteiger charge is -2.06.